The number of hydrogen-bond acceptors (Lipinski definition) is 3. The molecular formula is C6H11O3P. The Balaban J connectivity index is 2.68. The van der Waals surface area contributed by atoms with Crippen LogP contribution in [0.5, 0.6) is 0 Å². The molecule has 10 heavy (non-hydrogen) atoms. The topological polar surface area (TPSA) is 35.5 Å². The highest BCUT2D eigenvalue weighted by Crippen LogP contribution is 2.59. The van der Waals surface area contributed by atoms with Crippen LogP contribution >= 0.6 is 7.60 Å². The van der Waals surface area contributed by atoms with E-state index in [4.69, 9.17) is 9.05 Å². The third-order valence-electron chi connectivity index (χ3n) is 1.40. The van der Waals surface area contributed by atoms with E-state index in [1.165, 1.54) is 0 Å². The lowest BCUT2D eigenvalue weighted by Gasteiger charge is -2.09. The van der Waals surface area contributed by atoms with Gasteiger partial charge in [-0.25, -0.2) is 0 Å². The van der Waals surface area contributed by atoms with Gasteiger partial charge in [-0.05, 0) is 6.42 Å². The zero-order valence-corrected chi connectivity index (χ0v) is 6.89. The number of hydrogen-bond donors (Lipinski definition) is 0. The largest absolute Gasteiger partial charge is 0.356 e. The molecule has 1 aliphatic rings. The van der Waals surface area contributed by atoms with Crippen LogP contribution in [0.2, 0.25) is 0 Å². The molecule has 1 saturated heterocycles. The van der Waals surface area contributed by atoms with Crippen LogP contribution in [0.15, 0.2) is 11.9 Å². The summed E-state index contributed by atoms with van der Waals surface area (Å²) in [5.74, 6) is 0. The molecule has 0 saturated carbocycles. The molecular weight excluding hydrogens is 151 g/mol. The van der Waals surface area contributed by atoms with Crippen molar-refractivity contribution in [1.82, 2.24) is 0 Å². The Bertz CT molecular complexity index is 177. The fourth-order valence-corrected chi connectivity index (χ4v) is 2.19. The van der Waals surface area contributed by atoms with Gasteiger partial charge in [0.05, 0.1) is 13.2 Å². The van der Waals surface area contributed by atoms with Gasteiger partial charge in [-0.1, -0.05) is 13.5 Å². The van der Waals surface area contributed by atoms with Crippen LogP contribution in [0.4, 0.5) is 0 Å². The zero-order valence-electron chi connectivity index (χ0n) is 6.00. The minimum Gasteiger partial charge on any atom is -0.303 e. The second kappa shape index (κ2) is 2.87. The Labute approximate surface area is 60.6 Å². The summed E-state index contributed by atoms with van der Waals surface area (Å²) in [6.07, 6.45) is 0.650. The predicted octanol–water partition coefficient (Wildman–Crippen LogP) is 2.15. The fourth-order valence-electron chi connectivity index (χ4n) is 0.728. The molecule has 0 atom stereocenters. The van der Waals surface area contributed by atoms with Crippen molar-refractivity contribution in [2.75, 3.05) is 13.2 Å². The highest BCUT2D eigenvalue weighted by molar-refractivity contribution is 7.58. The summed E-state index contributed by atoms with van der Waals surface area (Å²) in [5.41, 5.74) is 0. The Kier molecular flexibility index (Phi) is 2.29. The van der Waals surface area contributed by atoms with Gasteiger partial charge >= 0.3 is 7.60 Å². The van der Waals surface area contributed by atoms with Crippen LogP contribution in [0, 0.1) is 0 Å². The molecule has 0 N–H and O–H groups in total. The Morgan fingerprint density at radius 2 is 2.10 bits per heavy atom. The summed E-state index contributed by atoms with van der Waals surface area (Å²) in [6.45, 7) is 6.35. The third-order valence-corrected chi connectivity index (χ3v) is 3.54. The summed E-state index contributed by atoms with van der Waals surface area (Å²) in [5, 5.41) is 0.574. The Hall–Kier alpha value is -0.110. The van der Waals surface area contributed by atoms with Gasteiger partial charge in [0.1, 0.15) is 0 Å². The van der Waals surface area contributed by atoms with Gasteiger partial charge in [0.15, 0.2) is 0 Å². The van der Waals surface area contributed by atoms with Crippen LogP contribution in [-0.2, 0) is 13.6 Å². The van der Waals surface area contributed by atoms with E-state index in [9.17, 15) is 4.57 Å². The van der Waals surface area contributed by atoms with Gasteiger partial charge in [-0.15, -0.1) is 0 Å². The van der Waals surface area contributed by atoms with Crippen LogP contribution < -0.4 is 0 Å². The standard InChI is InChI=1S/C6H11O3P/c1-3-6(2)10(7)8-4-5-9-10/h2-5H2,1H3. The van der Waals surface area contributed by atoms with Crippen LogP contribution in [-0.4, -0.2) is 13.2 Å². The van der Waals surface area contributed by atoms with Crippen molar-refractivity contribution < 1.29 is 13.6 Å². The van der Waals surface area contributed by atoms with Crippen molar-refractivity contribution in [2.45, 2.75) is 13.3 Å². The maximum absolute atomic E-state index is 11.4. The third kappa shape index (κ3) is 1.31. The molecule has 0 aromatic heterocycles. The number of rotatable bonds is 2. The second-order valence-corrected chi connectivity index (χ2v) is 4.23. The van der Waals surface area contributed by atoms with Crippen molar-refractivity contribution in [3.63, 3.8) is 0 Å². The Morgan fingerprint density at radius 1 is 1.60 bits per heavy atom. The van der Waals surface area contributed by atoms with Gasteiger partial charge in [-0.3, -0.25) is 4.57 Å². The van der Waals surface area contributed by atoms with E-state index >= 15 is 0 Å². The molecule has 58 valence electrons. The summed E-state index contributed by atoms with van der Waals surface area (Å²) in [6, 6.07) is 0. The lowest BCUT2D eigenvalue weighted by atomic mass is 10.5. The molecule has 1 aliphatic heterocycles. The summed E-state index contributed by atoms with van der Waals surface area (Å²) in [7, 11) is -2.86. The summed E-state index contributed by atoms with van der Waals surface area (Å²) >= 11 is 0. The maximum Gasteiger partial charge on any atom is 0.356 e. The van der Waals surface area contributed by atoms with Crippen molar-refractivity contribution in [2.24, 2.45) is 0 Å². The first-order valence-corrected chi connectivity index (χ1v) is 4.81. The zero-order chi connectivity index (χ0) is 7.61. The van der Waals surface area contributed by atoms with E-state index in [1.54, 1.807) is 0 Å². The second-order valence-electron chi connectivity index (χ2n) is 2.08. The lowest BCUT2D eigenvalue weighted by molar-refractivity contribution is 0.359. The van der Waals surface area contributed by atoms with Gasteiger partial charge in [0.2, 0.25) is 0 Å². The molecule has 0 aromatic carbocycles. The molecule has 0 aromatic rings. The first kappa shape index (κ1) is 7.99. The normalized spacial score (nSPS) is 22.9. The highest BCUT2D eigenvalue weighted by Gasteiger charge is 2.31. The van der Waals surface area contributed by atoms with E-state index in [2.05, 4.69) is 6.58 Å². The summed E-state index contributed by atoms with van der Waals surface area (Å²) in [4.78, 5) is 0. The molecule has 0 spiro atoms. The lowest BCUT2D eigenvalue weighted by Crippen LogP contribution is -1.83. The smallest absolute Gasteiger partial charge is 0.303 e. The molecule has 4 heteroatoms. The molecule has 1 fully saturated rings. The van der Waals surface area contributed by atoms with E-state index in [0.29, 0.717) is 24.9 Å². The van der Waals surface area contributed by atoms with E-state index in [-0.39, 0.29) is 0 Å². The molecule has 0 amide bonds. The van der Waals surface area contributed by atoms with Gasteiger partial charge < -0.3 is 9.05 Å². The van der Waals surface area contributed by atoms with Crippen molar-refractivity contribution >= 4 is 7.60 Å². The number of allylic oxidation sites excluding steroid dienone is 1. The molecule has 0 unspecified atom stereocenters. The highest BCUT2D eigenvalue weighted by atomic mass is 31.2. The molecule has 1 heterocycles. The first-order valence-electron chi connectivity index (χ1n) is 3.26. The fraction of sp³-hybridized carbons (Fsp3) is 0.667. The van der Waals surface area contributed by atoms with Crippen LogP contribution in [0.3, 0.4) is 0 Å². The maximum atomic E-state index is 11.4. The average Bonchev–Trinajstić information content (AvgIpc) is 2.36. The van der Waals surface area contributed by atoms with Gasteiger partial charge in [-0.2, -0.15) is 0 Å². The quantitative estimate of drug-likeness (QED) is 0.583. The minimum atomic E-state index is -2.86. The van der Waals surface area contributed by atoms with Gasteiger partial charge in [0, 0.05) is 5.31 Å². The molecule has 0 aliphatic carbocycles. The van der Waals surface area contributed by atoms with Crippen molar-refractivity contribution in [3.8, 4) is 0 Å². The molecule has 1 rings (SSSR count). The summed E-state index contributed by atoms with van der Waals surface area (Å²) < 4.78 is 21.3. The Morgan fingerprint density at radius 3 is 2.50 bits per heavy atom. The van der Waals surface area contributed by atoms with E-state index < -0.39 is 7.60 Å². The van der Waals surface area contributed by atoms with Crippen molar-refractivity contribution in [3.05, 3.63) is 11.9 Å². The average molecular weight is 162 g/mol. The molecule has 0 radical (unpaired) electrons. The van der Waals surface area contributed by atoms with E-state index in [1.807, 2.05) is 6.92 Å². The van der Waals surface area contributed by atoms with E-state index in [0.717, 1.165) is 0 Å². The monoisotopic (exact) mass is 162 g/mol. The van der Waals surface area contributed by atoms with Crippen LogP contribution in [0.1, 0.15) is 13.3 Å². The minimum absolute atomic E-state index is 0.427. The molecule has 0 bridgehead atoms. The SMILES string of the molecule is C=C(CC)P1(=O)OCCO1. The van der Waals surface area contributed by atoms with Crippen LogP contribution in [0.25, 0.3) is 0 Å². The first-order chi connectivity index (χ1) is 4.69. The van der Waals surface area contributed by atoms with Gasteiger partial charge in [0.25, 0.3) is 0 Å². The predicted molar refractivity (Wildman–Crippen MR) is 38.9 cm³/mol. The molecule has 3 nitrogen and oxygen atoms in total. The van der Waals surface area contributed by atoms with Crippen molar-refractivity contribution in [1.29, 1.82) is 0 Å².